The lowest BCUT2D eigenvalue weighted by atomic mass is 10.1. The van der Waals surface area contributed by atoms with Crippen molar-refractivity contribution in [3.05, 3.63) is 40.9 Å². The summed E-state index contributed by atoms with van der Waals surface area (Å²) in [7, 11) is 0. The monoisotopic (exact) mass is 206 g/mol. The first-order valence-corrected chi connectivity index (χ1v) is 3.82. The van der Waals surface area contributed by atoms with E-state index in [1.165, 1.54) is 18.2 Å². The predicted molar refractivity (Wildman–Crippen MR) is 46.5 cm³/mol. The van der Waals surface area contributed by atoms with E-state index in [1.807, 2.05) is 0 Å². The highest BCUT2D eigenvalue weighted by molar-refractivity contribution is 6.31. The average Bonchev–Trinajstić information content (AvgIpc) is 2.03. The number of benzene rings is 1. The Morgan fingerprint density at radius 2 is 1.92 bits per heavy atom. The van der Waals surface area contributed by atoms with Gasteiger partial charge in [0.05, 0.1) is 10.6 Å². The van der Waals surface area contributed by atoms with Crippen LogP contribution in [0.15, 0.2) is 24.8 Å². The lowest BCUT2D eigenvalue weighted by Gasteiger charge is -2.08. The first kappa shape index (κ1) is 10.1. The molecule has 1 aromatic carbocycles. The van der Waals surface area contributed by atoms with Crippen molar-refractivity contribution in [3.8, 4) is 0 Å². The highest BCUT2D eigenvalue weighted by atomic mass is 35.5. The number of rotatable bonds is 1. The van der Waals surface area contributed by atoms with Gasteiger partial charge in [-0.1, -0.05) is 30.3 Å². The van der Waals surface area contributed by atoms with Crippen molar-refractivity contribution in [1.29, 1.82) is 0 Å². The molecule has 1 aromatic rings. The Kier molecular flexibility index (Phi) is 2.66. The van der Waals surface area contributed by atoms with Gasteiger partial charge >= 0.3 is 6.18 Å². The summed E-state index contributed by atoms with van der Waals surface area (Å²) in [5.41, 5.74) is -0.428. The maximum Gasteiger partial charge on any atom is 0.417 e. The van der Waals surface area contributed by atoms with Crippen molar-refractivity contribution in [2.24, 2.45) is 0 Å². The average molecular weight is 207 g/mol. The zero-order chi connectivity index (χ0) is 10.1. The molecule has 0 aliphatic heterocycles. The minimum absolute atomic E-state index is 0.293. The van der Waals surface area contributed by atoms with E-state index in [9.17, 15) is 13.2 Å². The third-order valence-corrected chi connectivity index (χ3v) is 1.86. The van der Waals surface area contributed by atoms with E-state index in [0.29, 0.717) is 5.56 Å². The number of hydrogen-bond acceptors (Lipinski definition) is 0. The molecule has 0 heterocycles. The summed E-state index contributed by atoms with van der Waals surface area (Å²) in [6.45, 7) is 3.37. The Balaban J connectivity index is 3.27. The van der Waals surface area contributed by atoms with E-state index in [4.69, 9.17) is 11.6 Å². The summed E-state index contributed by atoms with van der Waals surface area (Å²) in [4.78, 5) is 0. The minimum Gasteiger partial charge on any atom is -0.166 e. The first-order chi connectivity index (χ1) is 5.95. The second-order valence-corrected chi connectivity index (χ2v) is 2.85. The zero-order valence-electron chi connectivity index (χ0n) is 6.53. The van der Waals surface area contributed by atoms with Crippen molar-refractivity contribution < 1.29 is 13.2 Å². The quantitative estimate of drug-likeness (QED) is 0.652. The fraction of sp³-hybridized carbons (Fsp3) is 0.111. The van der Waals surface area contributed by atoms with Gasteiger partial charge in [-0.2, -0.15) is 13.2 Å². The Hall–Kier alpha value is -0.960. The molecule has 0 unspecified atom stereocenters. The molecule has 1 rings (SSSR count). The second-order valence-electron chi connectivity index (χ2n) is 2.44. The van der Waals surface area contributed by atoms with Gasteiger partial charge in [0.15, 0.2) is 0 Å². The molecule has 4 heteroatoms. The van der Waals surface area contributed by atoms with Gasteiger partial charge in [-0.15, -0.1) is 0 Å². The van der Waals surface area contributed by atoms with Gasteiger partial charge in [-0.25, -0.2) is 0 Å². The molecular formula is C9H6ClF3. The van der Waals surface area contributed by atoms with E-state index in [-0.39, 0.29) is 5.02 Å². The summed E-state index contributed by atoms with van der Waals surface area (Å²) in [5.74, 6) is 0. The molecule has 0 aliphatic carbocycles. The van der Waals surface area contributed by atoms with Crippen LogP contribution < -0.4 is 0 Å². The molecular weight excluding hydrogens is 201 g/mol. The van der Waals surface area contributed by atoms with Gasteiger partial charge in [0.25, 0.3) is 0 Å². The third kappa shape index (κ3) is 2.25. The molecule has 0 saturated heterocycles. The molecule has 0 fully saturated rings. The third-order valence-electron chi connectivity index (χ3n) is 1.53. The van der Waals surface area contributed by atoms with Crippen LogP contribution in [0.3, 0.4) is 0 Å². The molecule has 0 aliphatic rings. The fourth-order valence-corrected chi connectivity index (χ4v) is 1.11. The second kappa shape index (κ2) is 3.42. The van der Waals surface area contributed by atoms with Crippen molar-refractivity contribution in [3.63, 3.8) is 0 Å². The zero-order valence-corrected chi connectivity index (χ0v) is 7.28. The van der Waals surface area contributed by atoms with E-state index in [0.717, 1.165) is 6.07 Å². The molecule has 0 saturated carbocycles. The SMILES string of the molecule is C=Cc1ccc(Cl)c(C(F)(F)F)c1. The van der Waals surface area contributed by atoms with Crippen molar-refractivity contribution in [2.75, 3.05) is 0 Å². The highest BCUT2D eigenvalue weighted by Gasteiger charge is 2.33. The molecule has 0 amide bonds. The summed E-state index contributed by atoms with van der Waals surface area (Å²) < 4.78 is 36.7. The largest absolute Gasteiger partial charge is 0.417 e. The van der Waals surface area contributed by atoms with Crippen LogP contribution in [0.5, 0.6) is 0 Å². The number of alkyl halides is 3. The Morgan fingerprint density at radius 3 is 2.38 bits per heavy atom. The van der Waals surface area contributed by atoms with Crippen LogP contribution in [0.4, 0.5) is 13.2 Å². The lowest BCUT2D eigenvalue weighted by molar-refractivity contribution is -0.137. The van der Waals surface area contributed by atoms with Crippen molar-refractivity contribution in [2.45, 2.75) is 6.18 Å². The van der Waals surface area contributed by atoms with Gasteiger partial charge in [0.2, 0.25) is 0 Å². The molecule has 0 bridgehead atoms. The van der Waals surface area contributed by atoms with Crippen LogP contribution >= 0.6 is 11.6 Å². The predicted octanol–water partition coefficient (Wildman–Crippen LogP) is 4.00. The highest BCUT2D eigenvalue weighted by Crippen LogP contribution is 2.35. The summed E-state index contributed by atoms with van der Waals surface area (Å²) in [6.07, 6.45) is -3.07. The molecule has 0 aromatic heterocycles. The minimum atomic E-state index is -4.41. The van der Waals surface area contributed by atoms with E-state index < -0.39 is 11.7 Å². The van der Waals surface area contributed by atoms with Gasteiger partial charge in [0, 0.05) is 0 Å². The van der Waals surface area contributed by atoms with Crippen molar-refractivity contribution in [1.82, 2.24) is 0 Å². The summed E-state index contributed by atoms with van der Waals surface area (Å²) >= 11 is 5.38. The molecule has 0 spiro atoms. The van der Waals surface area contributed by atoms with Crippen LogP contribution in [0, 0.1) is 0 Å². The van der Waals surface area contributed by atoms with Gasteiger partial charge in [-0.05, 0) is 17.7 Å². The standard InChI is InChI=1S/C9H6ClF3/c1-2-6-3-4-8(10)7(5-6)9(11,12)13/h2-5H,1H2. The van der Waals surface area contributed by atoms with E-state index >= 15 is 0 Å². The van der Waals surface area contributed by atoms with Gasteiger partial charge in [-0.3, -0.25) is 0 Å². The van der Waals surface area contributed by atoms with Crippen molar-refractivity contribution >= 4 is 17.7 Å². The molecule has 13 heavy (non-hydrogen) atoms. The van der Waals surface area contributed by atoms with E-state index in [1.54, 1.807) is 0 Å². The topological polar surface area (TPSA) is 0 Å². The van der Waals surface area contributed by atoms with Crippen LogP contribution in [0.2, 0.25) is 5.02 Å². The maximum atomic E-state index is 12.2. The Morgan fingerprint density at radius 1 is 1.31 bits per heavy atom. The molecule has 0 nitrogen and oxygen atoms in total. The van der Waals surface area contributed by atoms with E-state index in [2.05, 4.69) is 6.58 Å². The molecule has 0 N–H and O–H groups in total. The Bertz CT molecular complexity index is 328. The summed E-state index contributed by atoms with van der Waals surface area (Å²) in [5, 5.41) is -0.293. The molecule has 0 radical (unpaired) electrons. The number of halogens is 4. The van der Waals surface area contributed by atoms with Crippen LogP contribution in [-0.4, -0.2) is 0 Å². The fourth-order valence-electron chi connectivity index (χ4n) is 0.887. The first-order valence-electron chi connectivity index (χ1n) is 3.44. The number of hydrogen-bond donors (Lipinski definition) is 0. The summed E-state index contributed by atoms with van der Waals surface area (Å²) in [6, 6.07) is 3.65. The Labute approximate surface area is 78.6 Å². The lowest BCUT2D eigenvalue weighted by Crippen LogP contribution is -2.05. The molecule has 0 atom stereocenters. The molecule has 70 valence electrons. The van der Waals surface area contributed by atoms with Gasteiger partial charge < -0.3 is 0 Å². The van der Waals surface area contributed by atoms with Crippen LogP contribution in [0.1, 0.15) is 11.1 Å². The maximum absolute atomic E-state index is 12.2. The normalized spacial score (nSPS) is 11.4. The van der Waals surface area contributed by atoms with Crippen LogP contribution in [-0.2, 0) is 6.18 Å². The van der Waals surface area contributed by atoms with Crippen LogP contribution in [0.25, 0.3) is 6.08 Å². The van der Waals surface area contributed by atoms with Gasteiger partial charge in [0.1, 0.15) is 0 Å². The smallest absolute Gasteiger partial charge is 0.166 e.